The number of rotatable bonds is 6. The Bertz CT molecular complexity index is 698. The van der Waals surface area contributed by atoms with Gasteiger partial charge >= 0.3 is 0 Å². The van der Waals surface area contributed by atoms with Crippen LogP contribution in [0, 0.1) is 17.1 Å². The summed E-state index contributed by atoms with van der Waals surface area (Å²) in [5.41, 5.74) is 6.03. The third kappa shape index (κ3) is 7.68. The Morgan fingerprint density at radius 2 is 2.15 bits per heavy atom. The number of amides is 1. The molecular weight excluding hydrogens is 462 g/mol. The average molecular weight is 488 g/mol. The maximum atomic E-state index is 13.9. The average Bonchev–Trinajstić information content (AvgIpc) is 2.62. The number of hydrogen-bond donors (Lipinski definition) is 3. The van der Waals surface area contributed by atoms with Crippen LogP contribution in [0.3, 0.4) is 0 Å². The number of primary amides is 1. The molecule has 1 heterocycles. The number of carbonyl (C=O) groups excluding carboxylic acids is 1. The van der Waals surface area contributed by atoms with Crippen LogP contribution in [0.5, 0.6) is 0 Å². The van der Waals surface area contributed by atoms with Crippen molar-refractivity contribution < 1.29 is 9.18 Å². The van der Waals surface area contributed by atoms with Crippen molar-refractivity contribution in [2.75, 3.05) is 26.2 Å². The van der Waals surface area contributed by atoms with Gasteiger partial charge in [-0.3, -0.25) is 9.69 Å². The molecule has 0 radical (unpaired) electrons. The third-order valence-electron chi connectivity index (χ3n) is 4.23. The van der Waals surface area contributed by atoms with Gasteiger partial charge in [-0.1, -0.05) is 0 Å². The number of nitrogens with two attached hydrogens (primary N) is 1. The van der Waals surface area contributed by atoms with Crippen LogP contribution in [0.1, 0.15) is 30.9 Å². The molecular formula is C18H26FIN6O. The number of carbonyl (C=O) groups is 1. The summed E-state index contributed by atoms with van der Waals surface area (Å²) in [6.07, 6.45) is 1.74. The lowest BCUT2D eigenvalue weighted by molar-refractivity contribution is -0.119. The summed E-state index contributed by atoms with van der Waals surface area (Å²) in [6.45, 7) is 4.67. The van der Waals surface area contributed by atoms with Crippen molar-refractivity contribution in [2.45, 2.75) is 32.4 Å². The van der Waals surface area contributed by atoms with Gasteiger partial charge in [0.2, 0.25) is 5.91 Å². The van der Waals surface area contributed by atoms with E-state index in [0.717, 1.165) is 25.9 Å². The van der Waals surface area contributed by atoms with Crippen molar-refractivity contribution in [1.29, 1.82) is 5.26 Å². The lowest BCUT2D eigenvalue weighted by Crippen LogP contribution is -2.49. The van der Waals surface area contributed by atoms with E-state index in [0.29, 0.717) is 23.6 Å². The summed E-state index contributed by atoms with van der Waals surface area (Å²) in [7, 11) is 0. The van der Waals surface area contributed by atoms with Crippen LogP contribution in [-0.4, -0.2) is 49.0 Å². The molecule has 0 aliphatic carbocycles. The van der Waals surface area contributed by atoms with E-state index in [1.54, 1.807) is 0 Å². The predicted molar refractivity (Wildman–Crippen MR) is 113 cm³/mol. The summed E-state index contributed by atoms with van der Waals surface area (Å²) in [5.74, 6) is -0.0705. The van der Waals surface area contributed by atoms with E-state index in [4.69, 9.17) is 11.0 Å². The summed E-state index contributed by atoms with van der Waals surface area (Å²) in [4.78, 5) is 17.5. The molecule has 0 aromatic heterocycles. The van der Waals surface area contributed by atoms with Crippen LogP contribution in [-0.2, 0) is 11.3 Å². The molecule has 1 aliphatic heterocycles. The number of benzene rings is 1. The minimum atomic E-state index is -0.372. The Hall–Kier alpha value is -1.93. The van der Waals surface area contributed by atoms with Gasteiger partial charge in [0, 0.05) is 31.2 Å². The first kappa shape index (κ1) is 23.1. The molecule has 2 rings (SSSR count). The van der Waals surface area contributed by atoms with E-state index in [9.17, 15) is 9.18 Å². The van der Waals surface area contributed by atoms with Gasteiger partial charge in [0.1, 0.15) is 5.82 Å². The molecule has 9 heteroatoms. The fourth-order valence-corrected chi connectivity index (χ4v) is 2.90. The lowest BCUT2D eigenvalue weighted by atomic mass is 10.1. The zero-order valence-electron chi connectivity index (χ0n) is 15.4. The van der Waals surface area contributed by atoms with Gasteiger partial charge in [-0.05, 0) is 38.0 Å². The largest absolute Gasteiger partial charge is 0.369 e. The van der Waals surface area contributed by atoms with E-state index in [-0.39, 0.29) is 54.8 Å². The van der Waals surface area contributed by atoms with Gasteiger partial charge < -0.3 is 16.4 Å². The van der Waals surface area contributed by atoms with Crippen molar-refractivity contribution in [3.63, 3.8) is 0 Å². The standard InChI is InChI=1S/C18H25FN6O.HI/c1-2-22-18(23-11-14-9-13(10-20)3-4-16(14)19)24-15-5-7-25(8-6-15)12-17(21)26;/h3-4,9,15H,2,5-8,11-12H2,1H3,(H2,21,26)(H2,22,23,24);1H. The number of guanidine groups is 1. The molecule has 148 valence electrons. The number of likely N-dealkylation sites (tertiary alicyclic amines) is 1. The minimum Gasteiger partial charge on any atom is -0.369 e. The highest BCUT2D eigenvalue weighted by Gasteiger charge is 2.20. The lowest BCUT2D eigenvalue weighted by Gasteiger charge is -2.32. The first-order valence-corrected chi connectivity index (χ1v) is 8.75. The van der Waals surface area contributed by atoms with Crippen LogP contribution in [0.25, 0.3) is 0 Å². The highest BCUT2D eigenvalue weighted by Crippen LogP contribution is 2.12. The Morgan fingerprint density at radius 3 is 2.74 bits per heavy atom. The molecule has 1 aromatic rings. The third-order valence-corrected chi connectivity index (χ3v) is 4.23. The number of halogens is 2. The molecule has 1 amide bonds. The Kier molecular flexibility index (Phi) is 10.0. The van der Waals surface area contributed by atoms with Crippen LogP contribution < -0.4 is 16.4 Å². The van der Waals surface area contributed by atoms with Crippen LogP contribution in [0.15, 0.2) is 23.2 Å². The molecule has 0 atom stereocenters. The number of piperidine rings is 1. The maximum absolute atomic E-state index is 13.9. The highest BCUT2D eigenvalue weighted by atomic mass is 127. The van der Waals surface area contributed by atoms with Crippen molar-refractivity contribution in [3.05, 3.63) is 35.1 Å². The maximum Gasteiger partial charge on any atom is 0.231 e. The second-order valence-corrected chi connectivity index (χ2v) is 6.27. The Balaban J connectivity index is 0.00000364. The van der Waals surface area contributed by atoms with E-state index in [2.05, 4.69) is 15.6 Å². The fraction of sp³-hybridized carbons (Fsp3) is 0.500. The number of nitriles is 1. The summed E-state index contributed by atoms with van der Waals surface area (Å²) < 4.78 is 13.9. The quantitative estimate of drug-likeness (QED) is 0.318. The molecule has 0 spiro atoms. The molecule has 0 unspecified atom stereocenters. The van der Waals surface area contributed by atoms with Crippen molar-refractivity contribution in [2.24, 2.45) is 10.7 Å². The van der Waals surface area contributed by atoms with Gasteiger partial charge in [0.05, 0.1) is 24.7 Å². The molecule has 1 aliphatic rings. The van der Waals surface area contributed by atoms with Crippen molar-refractivity contribution in [1.82, 2.24) is 15.5 Å². The molecule has 1 aromatic carbocycles. The molecule has 1 fully saturated rings. The molecule has 27 heavy (non-hydrogen) atoms. The summed E-state index contributed by atoms with van der Waals surface area (Å²) in [5, 5.41) is 15.5. The second-order valence-electron chi connectivity index (χ2n) is 6.27. The smallest absolute Gasteiger partial charge is 0.231 e. The first-order valence-electron chi connectivity index (χ1n) is 8.75. The number of nitrogens with one attached hydrogen (secondary N) is 2. The number of nitrogens with zero attached hydrogens (tertiary/aromatic N) is 3. The molecule has 4 N–H and O–H groups in total. The van der Waals surface area contributed by atoms with E-state index in [1.165, 1.54) is 18.2 Å². The predicted octanol–water partition coefficient (Wildman–Crippen LogP) is 1.32. The van der Waals surface area contributed by atoms with Crippen molar-refractivity contribution in [3.8, 4) is 6.07 Å². The summed E-state index contributed by atoms with van der Waals surface area (Å²) >= 11 is 0. The molecule has 1 saturated heterocycles. The monoisotopic (exact) mass is 488 g/mol. The van der Waals surface area contributed by atoms with Gasteiger partial charge in [-0.2, -0.15) is 5.26 Å². The van der Waals surface area contributed by atoms with E-state index in [1.807, 2.05) is 17.9 Å². The van der Waals surface area contributed by atoms with Crippen molar-refractivity contribution >= 4 is 35.8 Å². The van der Waals surface area contributed by atoms with E-state index >= 15 is 0 Å². The Morgan fingerprint density at radius 1 is 1.44 bits per heavy atom. The zero-order chi connectivity index (χ0) is 18.9. The fourth-order valence-electron chi connectivity index (χ4n) is 2.90. The minimum absolute atomic E-state index is 0. The normalized spacial score (nSPS) is 15.5. The first-order chi connectivity index (χ1) is 12.5. The topological polar surface area (TPSA) is 107 Å². The highest BCUT2D eigenvalue weighted by molar-refractivity contribution is 14.0. The van der Waals surface area contributed by atoms with Crippen LogP contribution in [0.2, 0.25) is 0 Å². The second kappa shape index (κ2) is 11.7. The van der Waals surface area contributed by atoms with Crippen LogP contribution in [0.4, 0.5) is 4.39 Å². The zero-order valence-corrected chi connectivity index (χ0v) is 17.7. The van der Waals surface area contributed by atoms with Gasteiger partial charge in [0.25, 0.3) is 0 Å². The van der Waals surface area contributed by atoms with Gasteiger partial charge in [-0.15, -0.1) is 24.0 Å². The SMILES string of the molecule is CCNC(=NCc1cc(C#N)ccc1F)NC1CCN(CC(N)=O)CC1.I. The van der Waals surface area contributed by atoms with Crippen LogP contribution >= 0.6 is 24.0 Å². The molecule has 7 nitrogen and oxygen atoms in total. The number of aliphatic imine (C=N–C) groups is 1. The molecule has 0 saturated carbocycles. The van der Waals surface area contributed by atoms with E-state index < -0.39 is 0 Å². The molecule has 0 bridgehead atoms. The van der Waals surface area contributed by atoms with Gasteiger partial charge in [-0.25, -0.2) is 9.38 Å². The summed E-state index contributed by atoms with van der Waals surface area (Å²) in [6, 6.07) is 6.49. The van der Waals surface area contributed by atoms with Gasteiger partial charge in [0.15, 0.2) is 5.96 Å². The Labute approximate surface area is 176 Å². The number of hydrogen-bond acceptors (Lipinski definition) is 4.